The van der Waals surface area contributed by atoms with E-state index < -0.39 is 0 Å². The van der Waals surface area contributed by atoms with Crippen molar-refractivity contribution in [2.45, 2.75) is 13.5 Å². The molecule has 0 unspecified atom stereocenters. The molecule has 1 heterocycles. The molecule has 0 saturated heterocycles. The Morgan fingerprint density at radius 2 is 1.84 bits per heavy atom. The lowest BCUT2D eigenvalue weighted by atomic mass is 10.2. The van der Waals surface area contributed by atoms with Gasteiger partial charge in [0.25, 0.3) is 0 Å². The molecule has 0 aliphatic rings. The molecule has 3 rings (SSSR count). The molecule has 4 nitrogen and oxygen atoms in total. The number of aliphatic hydroxyl groups is 1. The van der Waals surface area contributed by atoms with E-state index in [2.05, 4.69) is 4.99 Å². The number of aliphatic hydroxyl groups excluding tert-OH is 1. The Hall–Kier alpha value is -2.44. The Bertz CT molecular complexity index is 883. The van der Waals surface area contributed by atoms with Crippen molar-refractivity contribution in [1.29, 1.82) is 0 Å². The lowest BCUT2D eigenvalue weighted by Crippen LogP contribution is -2.17. The topological polar surface area (TPSA) is 46.8 Å². The van der Waals surface area contributed by atoms with E-state index in [1.807, 2.05) is 41.1 Å². The van der Waals surface area contributed by atoms with Crippen molar-refractivity contribution in [3.8, 4) is 17.0 Å². The molecule has 0 bridgehead atoms. The van der Waals surface area contributed by atoms with Gasteiger partial charge in [-0.2, -0.15) is 0 Å². The van der Waals surface area contributed by atoms with E-state index in [1.165, 1.54) is 23.5 Å². The normalized spacial score (nSPS) is 11.7. The van der Waals surface area contributed by atoms with Gasteiger partial charge in [-0.1, -0.05) is 0 Å². The summed E-state index contributed by atoms with van der Waals surface area (Å²) >= 11 is 1.48. The third-order valence-corrected chi connectivity index (χ3v) is 4.50. The fourth-order valence-electron chi connectivity index (χ4n) is 2.48. The van der Waals surface area contributed by atoms with Crippen molar-refractivity contribution in [2.24, 2.45) is 4.99 Å². The van der Waals surface area contributed by atoms with Crippen LogP contribution in [0.4, 0.5) is 10.1 Å². The third-order valence-electron chi connectivity index (χ3n) is 3.63. The molecule has 0 amide bonds. The number of nitrogens with zero attached hydrogens (tertiary/aromatic N) is 2. The highest BCUT2D eigenvalue weighted by Crippen LogP contribution is 2.22. The number of aromatic nitrogens is 1. The third kappa shape index (κ3) is 4.15. The molecule has 0 fully saturated rings. The van der Waals surface area contributed by atoms with Crippen molar-refractivity contribution in [2.75, 3.05) is 13.2 Å². The van der Waals surface area contributed by atoms with Gasteiger partial charge in [0, 0.05) is 11.9 Å². The van der Waals surface area contributed by atoms with Gasteiger partial charge in [0.1, 0.15) is 11.6 Å². The van der Waals surface area contributed by atoms with Gasteiger partial charge in [-0.3, -0.25) is 0 Å². The number of ether oxygens (including phenoxy) is 1. The number of halogens is 1. The van der Waals surface area contributed by atoms with Crippen LogP contribution in [-0.4, -0.2) is 22.9 Å². The summed E-state index contributed by atoms with van der Waals surface area (Å²) in [5.74, 6) is 0.537. The van der Waals surface area contributed by atoms with Crippen LogP contribution in [0, 0.1) is 5.82 Å². The van der Waals surface area contributed by atoms with Gasteiger partial charge >= 0.3 is 0 Å². The lowest BCUT2D eigenvalue weighted by molar-refractivity contribution is 0.275. The Labute approximate surface area is 149 Å². The number of hydrogen-bond acceptors (Lipinski definition) is 4. The van der Waals surface area contributed by atoms with Gasteiger partial charge in [-0.15, -0.1) is 11.3 Å². The first-order valence-electron chi connectivity index (χ1n) is 8.04. The van der Waals surface area contributed by atoms with Gasteiger partial charge in [-0.05, 0) is 61.0 Å². The molecule has 0 atom stereocenters. The summed E-state index contributed by atoms with van der Waals surface area (Å²) in [5.41, 5.74) is 2.60. The zero-order valence-corrected chi connectivity index (χ0v) is 14.7. The van der Waals surface area contributed by atoms with E-state index in [0.717, 1.165) is 27.5 Å². The number of hydrogen-bond donors (Lipinski definition) is 1. The second-order valence-electron chi connectivity index (χ2n) is 5.32. The van der Waals surface area contributed by atoms with Crippen LogP contribution in [0.2, 0.25) is 0 Å². The first kappa shape index (κ1) is 17.4. The highest BCUT2D eigenvalue weighted by atomic mass is 32.1. The molecule has 3 aromatic rings. The fourth-order valence-corrected chi connectivity index (χ4v) is 3.44. The number of benzene rings is 2. The predicted molar refractivity (Wildman–Crippen MR) is 97.6 cm³/mol. The quantitative estimate of drug-likeness (QED) is 0.724. The highest BCUT2D eigenvalue weighted by Gasteiger charge is 2.08. The Kier molecular flexibility index (Phi) is 5.63. The maximum atomic E-state index is 13.2. The second kappa shape index (κ2) is 8.09. The fraction of sp³-hybridized carbons (Fsp3) is 0.211. The van der Waals surface area contributed by atoms with E-state index >= 15 is 0 Å². The zero-order chi connectivity index (χ0) is 17.6. The van der Waals surface area contributed by atoms with Crippen molar-refractivity contribution < 1.29 is 14.2 Å². The van der Waals surface area contributed by atoms with Crippen LogP contribution in [0.15, 0.2) is 58.9 Å². The first-order valence-corrected chi connectivity index (χ1v) is 8.92. The van der Waals surface area contributed by atoms with Crippen molar-refractivity contribution >= 4 is 17.0 Å². The predicted octanol–water partition coefficient (Wildman–Crippen LogP) is 3.98. The smallest absolute Gasteiger partial charge is 0.190 e. The Morgan fingerprint density at radius 3 is 2.48 bits per heavy atom. The minimum absolute atomic E-state index is 0.00138. The van der Waals surface area contributed by atoms with Crippen LogP contribution in [0.25, 0.3) is 11.3 Å². The average Bonchev–Trinajstić information content (AvgIpc) is 3.01. The SMILES string of the molecule is CCOc1ccc(N=c2scc(-c3ccc(F)cc3)n2CCO)cc1. The van der Waals surface area contributed by atoms with Crippen molar-refractivity contribution in [1.82, 2.24) is 4.57 Å². The highest BCUT2D eigenvalue weighted by molar-refractivity contribution is 7.07. The van der Waals surface area contributed by atoms with E-state index in [9.17, 15) is 9.50 Å². The Morgan fingerprint density at radius 1 is 1.12 bits per heavy atom. The molecule has 0 radical (unpaired) electrons. The van der Waals surface area contributed by atoms with Gasteiger partial charge in [0.2, 0.25) is 0 Å². The molecule has 6 heteroatoms. The summed E-state index contributed by atoms with van der Waals surface area (Å²) in [4.78, 5) is 5.44. The molecule has 1 N–H and O–H groups in total. The van der Waals surface area contributed by atoms with Crippen LogP contribution in [0.5, 0.6) is 5.75 Å². The van der Waals surface area contributed by atoms with Gasteiger partial charge in [-0.25, -0.2) is 9.38 Å². The van der Waals surface area contributed by atoms with E-state index in [4.69, 9.17) is 4.74 Å². The molecule has 0 aliphatic carbocycles. The molecule has 0 saturated carbocycles. The molecule has 0 aliphatic heterocycles. The molecule has 1 aromatic heterocycles. The largest absolute Gasteiger partial charge is 0.494 e. The van der Waals surface area contributed by atoms with Crippen LogP contribution >= 0.6 is 11.3 Å². The summed E-state index contributed by atoms with van der Waals surface area (Å²) in [6.07, 6.45) is 0. The summed E-state index contributed by atoms with van der Waals surface area (Å²) in [5, 5.41) is 11.4. The van der Waals surface area contributed by atoms with E-state index in [0.29, 0.717) is 13.2 Å². The van der Waals surface area contributed by atoms with Gasteiger partial charge < -0.3 is 14.4 Å². The van der Waals surface area contributed by atoms with Crippen LogP contribution in [0.1, 0.15) is 6.92 Å². The van der Waals surface area contributed by atoms with E-state index in [1.54, 1.807) is 12.1 Å². The summed E-state index contributed by atoms with van der Waals surface area (Å²) in [6, 6.07) is 13.9. The van der Waals surface area contributed by atoms with Gasteiger partial charge in [0.15, 0.2) is 4.80 Å². The number of thiazole rings is 1. The maximum absolute atomic E-state index is 13.2. The monoisotopic (exact) mass is 358 g/mol. The minimum Gasteiger partial charge on any atom is -0.494 e. The van der Waals surface area contributed by atoms with Crippen LogP contribution in [-0.2, 0) is 6.54 Å². The summed E-state index contributed by atoms with van der Waals surface area (Å²) in [6.45, 7) is 2.99. The van der Waals surface area contributed by atoms with Gasteiger partial charge in [0.05, 0.1) is 24.6 Å². The molecular weight excluding hydrogens is 339 g/mol. The van der Waals surface area contributed by atoms with Crippen LogP contribution < -0.4 is 9.54 Å². The second-order valence-corrected chi connectivity index (χ2v) is 6.16. The lowest BCUT2D eigenvalue weighted by Gasteiger charge is -2.07. The molecule has 0 spiro atoms. The van der Waals surface area contributed by atoms with Crippen molar-refractivity contribution in [3.63, 3.8) is 0 Å². The molecular formula is C19H19FN2O2S. The van der Waals surface area contributed by atoms with E-state index in [-0.39, 0.29) is 12.4 Å². The van der Waals surface area contributed by atoms with Crippen molar-refractivity contribution in [3.05, 3.63) is 64.5 Å². The molecule has 130 valence electrons. The number of rotatable bonds is 6. The standard InChI is InChI=1S/C19H19FN2O2S/c1-2-24-17-9-7-16(8-10-17)21-19-22(11-12-23)18(13-25-19)14-3-5-15(20)6-4-14/h3-10,13,23H,2,11-12H2,1H3. The summed E-state index contributed by atoms with van der Waals surface area (Å²) in [7, 11) is 0. The summed E-state index contributed by atoms with van der Waals surface area (Å²) < 4.78 is 20.5. The van der Waals surface area contributed by atoms with Crippen LogP contribution in [0.3, 0.4) is 0 Å². The molecule has 2 aromatic carbocycles. The minimum atomic E-state index is -0.271. The first-order chi connectivity index (χ1) is 12.2. The molecule has 25 heavy (non-hydrogen) atoms. The average molecular weight is 358 g/mol. The zero-order valence-electron chi connectivity index (χ0n) is 13.9. The Balaban J connectivity index is 1.99. The maximum Gasteiger partial charge on any atom is 0.190 e.